The number of ether oxygens (including phenoxy) is 1. The number of rotatable bonds is 4. The molecule has 2 aliphatic rings. The molecule has 2 saturated heterocycles. The molecule has 0 saturated carbocycles. The lowest BCUT2D eigenvalue weighted by molar-refractivity contribution is -0.0450. The first-order chi connectivity index (χ1) is 12.2. The fourth-order valence-corrected chi connectivity index (χ4v) is 4.05. The van der Waals surface area contributed by atoms with Crippen molar-refractivity contribution in [2.45, 2.75) is 37.5 Å². The first kappa shape index (κ1) is 16.5. The molecular weight excluding hydrogens is 312 g/mol. The van der Waals surface area contributed by atoms with Gasteiger partial charge in [0.15, 0.2) is 0 Å². The molecule has 0 radical (unpaired) electrons. The number of likely N-dealkylation sites (tertiary alicyclic amines) is 1. The smallest absolute Gasteiger partial charge is 0.0728 e. The number of likely N-dealkylation sites (N-methyl/N-ethyl adjacent to an activating group) is 1. The van der Waals surface area contributed by atoms with Crippen molar-refractivity contribution in [1.82, 2.24) is 14.9 Å². The van der Waals surface area contributed by atoms with Crippen LogP contribution in [0.2, 0.25) is 0 Å². The number of hydrogen-bond donors (Lipinski definition) is 0. The Hall–Kier alpha value is -1.98. The van der Waals surface area contributed by atoms with Gasteiger partial charge in [-0.15, -0.1) is 0 Å². The van der Waals surface area contributed by atoms with E-state index in [0.29, 0.717) is 6.04 Å². The molecule has 5 nitrogen and oxygen atoms in total. The zero-order valence-electron chi connectivity index (χ0n) is 14.8. The highest BCUT2D eigenvalue weighted by Gasteiger charge is 2.43. The van der Waals surface area contributed by atoms with E-state index in [1.54, 1.807) is 12.4 Å². The van der Waals surface area contributed by atoms with Gasteiger partial charge in [-0.3, -0.25) is 14.9 Å². The van der Waals surface area contributed by atoms with E-state index in [1.165, 1.54) is 5.69 Å². The summed E-state index contributed by atoms with van der Waals surface area (Å²) >= 11 is 0. The van der Waals surface area contributed by atoms with Crippen LogP contribution < -0.4 is 4.90 Å². The zero-order chi connectivity index (χ0) is 17.1. The number of nitrogens with zero attached hydrogens (tertiary/aromatic N) is 4. The van der Waals surface area contributed by atoms with E-state index in [4.69, 9.17) is 4.74 Å². The summed E-state index contributed by atoms with van der Waals surface area (Å²) in [5.41, 5.74) is 2.38. The minimum atomic E-state index is 0.0621. The molecule has 132 valence electrons. The number of aromatic nitrogens is 2. The largest absolute Gasteiger partial charge is 0.373 e. The van der Waals surface area contributed by atoms with E-state index in [1.807, 2.05) is 6.20 Å². The highest BCUT2D eigenvalue weighted by atomic mass is 16.5. The molecule has 1 spiro atoms. The average molecular weight is 338 g/mol. The molecule has 2 fully saturated rings. The third-order valence-corrected chi connectivity index (χ3v) is 5.67. The minimum absolute atomic E-state index is 0.0621. The van der Waals surface area contributed by atoms with Crippen LogP contribution in [0.1, 0.15) is 25.0 Å². The molecule has 25 heavy (non-hydrogen) atoms. The van der Waals surface area contributed by atoms with Gasteiger partial charge in [0.05, 0.1) is 23.9 Å². The van der Waals surface area contributed by atoms with Gasteiger partial charge in [0.2, 0.25) is 0 Å². The summed E-state index contributed by atoms with van der Waals surface area (Å²) < 4.78 is 6.34. The van der Waals surface area contributed by atoms with E-state index < -0.39 is 0 Å². The van der Waals surface area contributed by atoms with Crippen molar-refractivity contribution in [1.29, 1.82) is 0 Å². The molecule has 4 rings (SSSR count). The minimum Gasteiger partial charge on any atom is -0.373 e. The topological polar surface area (TPSA) is 41.5 Å². The van der Waals surface area contributed by atoms with Crippen LogP contribution in [0.5, 0.6) is 0 Å². The second kappa shape index (κ2) is 7.10. The van der Waals surface area contributed by atoms with E-state index in [9.17, 15) is 0 Å². The maximum absolute atomic E-state index is 6.34. The van der Waals surface area contributed by atoms with Crippen LogP contribution in [-0.2, 0) is 11.3 Å². The second-order valence-corrected chi connectivity index (χ2v) is 7.27. The molecule has 2 aliphatic heterocycles. The van der Waals surface area contributed by atoms with Crippen molar-refractivity contribution in [3.63, 3.8) is 0 Å². The Labute approximate surface area is 149 Å². The third kappa shape index (κ3) is 3.67. The maximum Gasteiger partial charge on any atom is 0.0728 e. The molecule has 0 bridgehead atoms. The molecule has 5 heteroatoms. The Balaban J connectivity index is 1.33. The molecular formula is C20H26N4O. The first-order valence-corrected chi connectivity index (χ1v) is 9.13. The molecule has 2 aromatic rings. The normalized spacial score (nSPS) is 23.0. The van der Waals surface area contributed by atoms with Gasteiger partial charge in [-0.25, -0.2) is 0 Å². The Morgan fingerprint density at radius 2 is 2.00 bits per heavy atom. The summed E-state index contributed by atoms with van der Waals surface area (Å²) in [7, 11) is 2.19. The molecule has 0 unspecified atom stereocenters. The van der Waals surface area contributed by atoms with Crippen LogP contribution in [0.15, 0.2) is 48.9 Å². The maximum atomic E-state index is 6.34. The Morgan fingerprint density at radius 3 is 2.72 bits per heavy atom. The Morgan fingerprint density at radius 1 is 1.20 bits per heavy atom. The SMILES string of the molecule is CN(c1ccccc1)[C@@H]1COC2(CCN(Cc3cnccn3)CC2)C1. The van der Waals surface area contributed by atoms with Crippen LogP contribution in [0, 0.1) is 0 Å². The molecule has 0 amide bonds. The van der Waals surface area contributed by atoms with Gasteiger partial charge in [-0.1, -0.05) is 18.2 Å². The number of anilines is 1. The molecule has 1 aromatic carbocycles. The average Bonchev–Trinajstić information content (AvgIpc) is 3.09. The van der Waals surface area contributed by atoms with Crippen LogP contribution >= 0.6 is 0 Å². The van der Waals surface area contributed by atoms with Crippen LogP contribution in [0.4, 0.5) is 5.69 Å². The van der Waals surface area contributed by atoms with E-state index in [0.717, 1.165) is 51.2 Å². The number of piperidine rings is 1. The highest BCUT2D eigenvalue weighted by Crippen LogP contribution is 2.38. The van der Waals surface area contributed by atoms with Gasteiger partial charge >= 0.3 is 0 Å². The van der Waals surface area contributed by atoms with E-state index >= 15 is 0 Å². The van der Waals surface area contributed by atoms with Crippen molar-refractivity contribution < 1.29 is 4.74 Å². The van der Waals surface area contributed by atoms with Crippen molar-refractivity contribution in [3.8, 4) is 0 Å². The fraction of sp³-hybridized carbons (Fsp3) is 0.500. The Kier molecular flexibility index (Phi) is 4.68. The van der Waals surface area contributed by atoms with Crippen molar-refractivity contribution in [2.75, 3.05) is 31.6 Å². The molecule has 3 heterocycles. The predicted molar refractivity (Wildman–Crippen MR) is 98.5 cm³/mol. The number of para-hydroxylation sites is 1. The fourth-order valence-electron chi connectivity index (χ4n) is 4.05. The lowest BCUT2D eigenvalue weighted by Crippen LogP contribution is -2.44. The molecule has 0 aliphatic carbocycles. The van der Waals surface area contributed by atoms with Gasteiger partial charge in [0.25, 0.3) is 0 Å². The molecule has 1 atom stereocenters. The Bertz CT molecular complexity index is 671. The van der Waals surface area contributed by atoms with Crippen LogP contribution in [-0.4, -0.2) is 53.3 Å². The van der Waals surface area contributed by atoms with E-state index in [-0.39, 0.29) is 5.60 Å². The summed E-state index contributed by atoms with van der Waals surface area (Å²) in [4.78, 5) is 13.4. The summed E-state index contributed by atoms with van der Waals surface area (Å²) in [5, 5.41) is 0. The lowest BCUT2D eigenvalue weighted by Gasteiger charge is -2.38. The molecule has 1 aromatic heterocycles. The monoisotopic (exact) mass is 338 g/mol. The first-order valence-electron chi connectivity index (χ1n) is 9.13. The van der Waals surface area contributed by atoms with E-state index in [2.05, 4.69) is 57.1 Å². The number of benzene rings is 1. The van der Waals surface area contributed by atoms with Crippen molar-refractivity contribution in [3.05, 3.63) is 54.6 Å². The van der Waals surface area contributed by atoms with Gasteiger partial charge in [-0.05, 0) is 31.4 Å². The quantitative estimate of drug-likeness (QED) is 0.857. The summed E-state index contributed by atoms with van der Waals surface area (Å²) in [6.45, 7) is 3.85. The van der Waals surface area contributed by atoms with Gasteiger partial charge < -0.3 is 9.64 Å². The van der Waals surface area contributed by atoms with Crippen molar-refractivity contribution >= 4 is 5.69 Å². The lowest BCUT2D eigenvalue weighted by atomic mass is 9.87. The van der Waals surface area contributed by atoms with Gasteiger partial charge in [0, 0.05) is 51.0 Å². The third-order valence-electron chi connectivity index (χ3n) is 5.67. The predicted octanol–water partition coefficient (Wildman–Crippen LogP) is 2.74. The summed E-state index contributed by atoms with van der Waals surface area (Å²) in [6.07, 6.45) is 8.69. The summed E-state index contributed by atoms with van der Waals surface area (Å²) in [6, 6.07) is 11.1. The zero-order valence-corrected chi connectivity index (χ0v) is 14.8. The van der Waals surface area contributed by atoms with Gasteiger partial charge in [-0.2, -0.15) is 0 Å². The highest BCUT2D eigenvalue weighted by molar-refractivity contribution is 5.46. The van der Waals surface area contributed by atoms with Crippen LogP contribution in [0.3, 0.4) is 0 Å². The van der Waals surface area contributed by atoms with Gasteiger partial charge in [0.1, 0.15) is 0 Å². The number of hydrogen-bond acceptors (Lipinski definition) is 5. The molecule has 0 N–H and O–H groups in total. The van der Waals surface area contributed by atoms with Crippen LogP contribution in [0.25, 0.3) is 0 Å². The van der Waals surface area contributed by atoms with Crippen molar-refractivity contribution in [2.24, 2.45) is 0 Å². The standard InChI is InChI=1S/C20H26N4O/c1-23(18-5-3-2-4-6-18)19-13-20(25-16-19)7-11-24(12-8-20)15-17-14-21-9-10-22-17/h2-6,9-10,14,19H,7-8,11-13,15-16H2,1H3/t19-/m0/s1. The summed E-state index contributed by atoms with van der Waals surface area (Å²) in [5.74, 6) is 0. The second-order valence-electron chi connectivity index (χ2n) is 7.27.